The second-order valence-electron chi connectivity index (χ2n) is 6.39. The molecule has 8 nitrogen and oxygen atoms in total. The third kappa shape index (κ3) is 5.68. The van der Waals surface area contributed by atoms with Crippen molar-refractivity contribution in [3.8, 4) is 5.75 Å². The van der Waals surface area contributed by atoms with E-state index in [0.29, 0.717) is 24.6 Å². The monoisotopic (exact) mass is 515 g/mol. The number of halogens is 2. The maximum Gasteiger partial charge on any atom is 0.311 e. The molecule has 0 saturated carbocycles. The van der Waals surface area contributed by atoms with Crippen LogP contribution in [-0.4, -0.2) is 49.1 Å². The summed E-state index contributed by atoms with van der Waals surface area (Å²) < 4.78 is 18.1. The zero-order valence-electron chi connectivity index (χ0n) is 16.0. The molecule has 1 saturated heterocycles. The van der Waals surface area contributed by atoms with E-state index >= 15 is 0 Å². The van der Waals surface area contributed by atoms with Crippen LogP contribution in [0.2, 0.25) is 0 Å². The van der Waals surface area contributed by atoms with Gasteiger partial charge in [-0.25, -0.2) is 9.38 Å². The molecule has 1 heterocycles. The first kappa shape index (κ1) is 22.7. The summed E-state index contributed by atoms with van der Waals surface area (Å²) >= 11 is 0. The standard InChI is InChI=1S/C19H22FN5O3.HI/c1-28-18-7-2-14(12-17(18)25(26)27)13-22-19(21)24-10-8-23(9-11-24)16-5-3-15(20)4-6-16;/h2-7,12H,8-11,13H2,1H3,(H2,21,22);1H. The molecule has 0 radical (unpaired) electrons. The summed E-state index contributed by atoms with van der Waals surface area (Å²) in [5.41, 5.74) is 7.66. The maximum absolute atomic E-state index is 13.1. The van der Waals surface area contributed by atoms with Gasteiger partial charge in [0.2, 0.25) is 0 Å². The SMILES string of the molecule is COc1ccc(CN=C(N)N2CCN(c3ccc(F)cc3)CC2)cc1[N+](=O)[O-].I. The molecule has 0 bridgehead atoms. The van der Waals surface area contributed by atoms with Crippen LogP contribution in [0.1, 0.15) is 5.56 Å². The van der Waals surface area contributed by atoms with Gasteiger partial charge in [-0.05, 0) is 35.9 Å². The predicted octanol–water partition coefficient (Wildman–Crippen LogP) is 3.00. The molecular weight excluding hydrogens is 492 g/mol. The van der Waals surface area contributed by atoms with Crippen molar-refractivity contribution in [3.05, 3.63) is 64.0 Å². The Labute approximate surface area is 185 Å². The van der Waals surface area contributed by atoms with Crippen LogP contribution < -0.4 is 15.4 Å². The number of methoxy groups -OCH3 is 1. The Morgan fingerprint density at radius 1 is 1.21 bits per heavy atom. The van der Waals surface area contributed by atoms with Crippen LogP contribution in [0.4, 0.5) is 15.8 Å². The van der Waals surface area contributed by atoms with Gasteiger partial charge in [-0.3, -0.25) is 10.1 Å². The first-order valence-corrected chi connectivity index (χ1v) is 8.84. The van der Waals surface area contributed by atoms with Crippen LogP contribution in [0, 0.1) is 15.9 Å². The number of benzene rings is 2. The lowest BCUT2D eigenvalue weighted by Gasteiger charge is -2.36. The number of rotatable bonds is 5. The Bertz CT molecular complexity index is 871. The second kappa shape index (κ2) is 10.2. The fourth-order valence-corrected chi connectivity index (χ4v) is 3.09. The minimum atomic E-state index is -0.482. The quantitative estimate of drug-likeness (QED) is 0.216. The minimum absolute atomic E-state index is 0. The van der Waals surface area contributed by atoms with Gasteiger partial charge in [0.05, 0.1) is 18.6 Å². The zero-order chi connectivity index (χ0) is 20.1. The molecule has 1 aliphatic heterocycles. The summed E-state index contributed by atoms with van der Waals surface area (Å²) in [5, 5.41) is 11.1. The summed E-state index contributed by atoms with van der Waals surface area (Å²) in [5.74, 6) is 0.359. The van der Waals surface area contributed by atoms with Gasteiger partial charge in [-0.1, -0.05) is 6.07 Å². The lowest BCUT2D eigenvalue weighted by molar-refractivity contribution is -0.385. The summed E-state index contributed by atoms with van der Waals surface area (Å²) in [4.78, 5) is 19.1. The topological polar surface area (TPSA) is 97.2 Å². The minimum Gasteiger partial charge on any atom is -0.490 e. The molecule has 2 aromatic carbocycles. The molecule has 2 N–H and O–H groups in total. The Morgan fingerprint density at radius 3 is 2.45 bits per heavy atom. The van der Waals surface area contributed by atoms with Crippen LogP contribution in [0.5, 0.6) is 5.75 Å². The fraction of sp³-hybridized carbons (Fsp3) is 0.316. The van der Waals surface area contributed by atoms with E-state index < -0.39 is 4.92 Å². The van der Waals surface area contributed by atoms with Gasteiger partial charge in [0.1, 0.15) is 5.82 Å². The first-order chi connectivity index (χ1) is 13.5. The number of piperazine rings is 1. The average molecular weight is 515 g/mol. The fourth-order valence-electron chi connectivity index (χ4n) is 3.09. The molecule has 0 spiro atoms. The third-order valence-corrected chi connectivity index (χ3v) is 4.66. The molecule has 0 aliphatic carbocycles. The molecular formula is C19H23FIN5O3. The molecule has 0 aromatic heterocycles. The van der Waals surface area contributed by atoms with E-state index in [4.69, 9.17) is 10.5 Å². The Morgan fingerprint density at radius 2 is 1.86 bits per heavy atom. The van der Waals surface area contributed by atoms with Crippen molar-refractivity contribution in [2.24, 2.45) is 10.7 Å². The van der Waals surface area contributed by atoms with Crippen molar-refractivity contribution in [1.29, 1.82) is 0 Å². The van der Waals surface area contributed by atoms with E-state index in [2.05, 4.69) is 9.89 Å². The van der Waals surface area contributed by atoms with E-state index in [1.165, 1.54) is 25.3 Å². The predicted molar refractivity (Wildman–Crippen MR) is 121 cm³/mol. The van der Waals surface area contributed by atoms with Crippen LogP contribution in [0.25, 0.3) is 0 Å². The molecule has 10 heteroatoms. The van der Waals surface area contributed by atoms with E-state index in [0.717, 1.165) is 18.8 Å². The molecule has 29 heavy (non-hydrogen) atoms. The van der Waals surface area contributed by atoms with Crippen molar-refractivity contribution in [2.45, 2.75) is 6.54 Å². The number of ether oxygens (including phenoxy) is 1. The molecule has 1 aliphatic rings. The van der Waals surface area contributed by atoms with Gasteiger partial charge in [0.25, 0.3) is 0 Å². The van der Waals surface area contributed by atoms with Crippen LogP contribution in [-0.2, 0) is 6.54 Å². The molecule has 156 valence electrons. The number of guanidine groups is 1. The van der Waals surface area contributed by atoms with E-state index in [-0.39, 0.29) is 47.8 Å². The number of aliphatic imine (C=N–C) groups is 1. The van der Waals surface area contributed by atoms with Gasteiger partial charge in [-0.15, -0.1) is 24.0 Å². The molecule has 3 rings (SSSR count). The lowest BCUT2D eigenvalue weighted by atomic mass is 10.2. The van der Waals surface area contributed by atoms with Crippen molar-refractivity contribution >= 4 is 41.3 Å². The molecule has 0 unspecified atom stereocenters. The number of nitrogens with two attached hydrogens (primary N) is 1. The van der Waals surface area contributed by atoms with Crippen molar-refractivity contribution in [2.75, 3.05) is 38.2 Å². The highest BCUT2D eigenvalue weighted by Gasteiger charge is 2.19. The van der Waals surface area contributed by atoms with Gasteiger partial charge in [-0.2, -0.15) is 0 Å². The number of anilines is 1. The van der Waals surface area contributed by atoms with E-state index in [1.54, 1.807) is 24.3 Å². The lowest BCUT2D eigenvalue weighted by Crippen LogP contribution is -2.51. The summed E-state index contributed by atoms with van der Waals surface area (Å²) in [6, 6.07) is 11.2. The van der Waals surface area contributed by atoms with Gasteiger partial charge >= 0.3 is 5.69 Å². The second-order valence-corrected chi connectivity index (χ2v) is 6.39. The van der Waals surface area contributed by atoms with E-state index in [9.17, 15) is 14.5 Å². The van der Waals surface area contributed by atoms with Crippen molar-refractivity contribution in [1.82, 2.24) is 4.90 Å². The van der Waals surface area contributed by atoms with Gasteiger partial charge < -0.3 is 20.3 Å². The highest BCUT2D eigenvalue weighted by atomic mass is 127. The largest absolute Gasteiger partial charge is 0.490 e. The average Bonchev–Trinajstić information content (AvgIpc) is 2.72. The Balaban J connectivity index is 0.00000300. The molecule has 0 atom stereocenters. The Hall–Kier alpha value is -2.63. The maximum atomic E-state index is 13.1. The highest BCUT2D eigenvalue weighted by molar-refractivity contribution is 14.0. The van der Waals surface area contributed by atoms with Gasteiger partial charge in [0.15, 0.2) is 11.7 Å². The number of hydrogen-bond donors (Lipinski definition) is 1. The normalized spacial score (nSPS) is 14.3. The number of nitro groups is 1. The number of hydrogen-bond acceptors (Lipinski definition) is 5. The van der Waals surface area contributed by atoms with Crippen molar-refractivity contribution < 1.29 is 14.1 Å². The third-order valence-electron chi connectivity index (χ3n) is 4.66. The molecule has 1 fully saturated rings. The Kier molecular flexibility index (Phi) is 8.00. The zero-order valence-corrected chi connectivity index (χ0v) is 18.3. The number of nitro benzene ring substituents is 1. The van der Waals surface area contributed by atoms with Crippen LogP contribution in [0.15, 0.2) is 47.5 Å². The highest BCUT2D eigenvalue weighted by Crippen LogP contribution is 2.27. The molecule has 0 amide bonds. The first-order valence-electron chi connectivity index (χ1n) is 8.84. The number of nitrogens with zero attached hydrogens (tertiary/aromatic N) is 4. The smallest absolute Gasteiger partial charge is 0.311 e. The van der Waals surface area contributed by atoms with E-state index in [1.807, 2.05) is 4.90 Å². The van der Waals surface area contributed by atoms with Crippen LogP contribution in [0.3, 0.4) is 0 Å². The van der Waals surface area contributed by atoms with Crippen molar-refractivity contribution in [3.63, 3.8) is 0 Å². The molecule has 2 aromatic rings. The summed E-state index contributed by atoms with van der Waals surface area (Å²) in [6.07, 6.45) is 0. The van der Waals surface area contributed by atoms with Gasteiger partial charge in [0, 0.05) is 37.9 Å². The summed E-state index contributed by atoms with van der Waals surface area (Å²) in [6.45, 7) is 3.12. The summed E-state index contributed by atoms with van der Waals surface area (Å²) in [7, 11) is 1.39. The van der Waals surface area contributed by atoms with Crippen LogP contribution >= 0.6 is 24.0 Å².